The van der Waals surface area contributed by atoms with Crippen molar-refractivity contribution in [2.24, 2.45) is 0 Å². The molecule has 0 aliphatic rings. The molecule has 0 aromatic heterocycles. The molecule has 1 aromatic carbocycles. The molecule has 0 saturated heterocycles. The summed E-state index contributed by atoms with van der Waals surface area (Å²) in [6.07, 6.45) is 2.88. The molecule has 0 saturated carbocycles. The first-order chi connectivity index (χ1) is 9.58. The molecule has 0 spiro atoms. The Bertz CT molecular complexity index is 573. The molecule has 0 bridgehead atoms. The average Bonchev–Trinajstić information content (AvgIpc) is 2.45. The Balaban J connectivity index is 2.89. The highest BCUT2D eigenvalue weighted by molar-refractivity contribution is 5.97. The van der Waals surface area contributed by atoms with Gasteiger partial charge in [-0.3, -0.25) is 10.1 Å². The number of hydrogen-bond acceptors (Lipinski definition) is 5. The summed E-state index contributed by atoms with van der Waals surface area (Å²) in [5.41, 5.74) is 0.125. The van der Waals surface area contributed by atoms with Crippen LogP contribution < -0.4 is 0 Å². The molecule has 0 aliphatic carbocycles. The fourth-order valence-corrected chi connectivity index (χ4v) is 1.42. The normalized spacial score (nSPS) is 10.7. The summed E-state index contributed by atoms with van der Waals surface area (Å²) < 4.78 is 4.92. The lowest BCUT2D eigenvalue weighted by molar-refractivity contribution is -0.384. The van der Waals surface area contributed by atoms with Crippen LogP contribution in [0.25, 0.3) is 6.08 Å². The number of rotatable bonds is 6. The molecule has 0 N–H and O–H groups in total. The fraction of sp³-hybridized carbons (Fsp3) is 0.286. The van der Waals surface area contributed by atoms with E-state index in [4.69, 9.17) is 10.00 Å². The third-order valence-corrected chi connectivity index (χ3v) is 2.46. The number of non-ortho nitro benzene ring substituents is 1. The predicted molar refractivity (Wildman–Crippen MR) is 72.6 cm³/mol. The zero-order chi connectivity index (χ0) is 15.0. The van der Waals surface area contributed by atoms with Crippen molar-refractivity contribution in [3.8, 4) is 6.07 Å². The number of nitro groups is 1. The number of hydrogen-bond donors (Lipinski definition) is 0. The molecule has 0 amide bonds. The Kier molecular flexibility index (Phi) is 5.91. The van der Waals surface area contributed by atoms with Crippen molar-refractivity contribution in [3.63, 3.8) is 0 Å². The van der Waals surface area contributed by atoms with Gasteiger partial charge in [0.1, 0.15) is 11.6 Å². The maximum absolute atomic E-state index is 11.6. The third-order valence-electron chi connectivity index (χ3n) is 2.46. The zero-order valence-electron chi connectivity index (χ0n) is 11.0. The number of benzene rings is 1. The third kappa shape index (κ3) is 4.53. The van der Waals surface area contributed by atoms with Crippen LogP contribution in [-0.2, 0) is 9.53 Å². The lowest BCUT2D eigenvalue weighted by Crippen LogP contribution is -2.07. The van der Waals surface area contributed by atoms with Crippen molar-refractivity contribution in [3.05, 3.63) is 45.5 Å². The molecule has 0 unspecified atom stereocenters. The van der Waals surface area contributed by atoms with Gasteiger partial charge in [0.2, 0.25) is 0 Å². The largest absolute Gasteiger partial charge is 0.462 e. The minimum absolute atomic E-state index is 0.101. The van der Waals surface area contributed by atoms with Crippen molar-refractivity contribution < 1.29 is 14.5 Å². The molecule has 104 valence electrons. The minimum atomic E-state index is -0.715. The lowest BCUT2D eigenvalue weighted by Gasteiger charge is -2.02. The van der Waals surface area contributed by atoms with Crippen LogP contribution in [0.2, 0.25) is 0 Å². The first-order valence-corrected chi connectivity index (χ1v) is 6.12. The number of ether oxygens (including phenoxy) is 1. The maximum Gasteiger partial charge on any atom is 0.348 e. The first-order valence-electron chi connectivity index (χ1n) is 6.12. The summed E-state index contributed by atoms with van der Waals surface area (Å²) in [4.78, 5) is 21.7. The number of esters is 1. The molecular formula is C14H14N2O4. The van der Waals surface area contributed by atoms with Crippen LogP contribution in [-0.4, -0.2) is 17.5 Å². The van der Waals surface area contributed by atoms with Gasteiger partial charge in [-0.25, -0.2) is 4.79 Å². The Hall–Kier alpha value is -2.68. The Morgan fingerprint density at radius 1 is 1.55 bits per heavy atom. The molecular weight excluding hydrogens is 260 g/mol. The highest BCUT2D eigenvalue weighted by atomic mass is 16.6. The number of carbonyl (C=O) groups excluding carboxylic acids is 1. The summed E-state index contributed by atoms with van der Waals surface area (Å²) in [7, 11) is 0. The van der Waals surface area contributed by atoms with Crippen molar-refractivity contribution in [2.75, 3.05) is 6.61 Å². The van der Waals surface area contributed by atoms with Gasteiger partial charge in [-0.05, 0) is 18.1 Å². The van der Waals surface area contributed by atoms with Crippen LogP contribution >= 0.6 is 0 Å². The van der Waals surface area contributed by atoms with Crippen molar-refractivity contribution >= 4 is 17.7 Å². The predicted octanol–water partition coefficient (Wildman–Crippen LogP) is 2.85. The standard InChI is InChI=1S/C14H14N2O4/c1-2-3-7-20-14(17)12(10-15)8-11-5-4-6-13(9-11)16(18)19/h4-6,8-9H,2-3,7H2,1H3/b12-8+. The quantitative estimate of drug-likeness (QED) is 0.198. The van der Waals surface area contributed by atoms with E-state index in [0.29, 0.717) is 5.56 Å². The van der Waals surface area contributed by atoms with Crippen LogP contribution in [0.5, 0.6) is 0 Å². The smallest absolute Gasteiger partial charge is 0.348 e. The molecule has 20 heavy (non-hydrogen) atoms. The lowest BCUT2D eigenvalue weighted by atomic mass is 10.1. The summed E-state index contributed by atoms with van der Waals surface area (Å²) in [6.45, 7) is 2.21. The molecule has 1 rings (SSSR count). The molecule has 0 aliphatic heterocycles. The molecule has 6 heteroatoms. The number of carbonyl (C=O) groups is 1. The van der Waals surface area contributed by atoms with Crippen LogP contribution in [0.15, 0.2) is 29.8 Å². The van der Waals surface area contributed by atoms with Crippen LogP contribution in [0.4, 0.5) is 5.69 Å². The summed E-state index contributed by atoms with van der Waals surface area (Å²) in [5, 5.41) is 19.6. The van der Waals surface area contributed by atoms with E-state index in [0.717, 1.165) is 12.8 Å². The molecule has 0 atom stereocenters. The molecule has 6 nitrogen and oxygen atoms in total. The van der Waals surface area contributed by atoms with Gasteiger partial charge in [0.05, 0.1) is 11.5 Å². The van der Waals surface area contributed by atoms with Crippen LogP contribution in [0, 0.1) is 21.4 Å². The Morgan fingerprint density at radius 2 is 2.30 bits per heavy atom. The van der Waals surface area contributed by atoms with Gasteiger partial charge in [0.15, 0.2) is 0 Å². The molecule has 0 radical (unpaired) electrons. The zero-order valence-corrected chi connectivity index (χ0v) is 11.0. The Morgan fingerprint density at radius 3 is 2.90 bits per heavy atom. The number of nitriles is 1. The van der Waals surface area contributed by atoms with Crippen molar-refractivity contribution in [1.82, 2.24) is 0 Å². The molecule has 1 aromatic rings. The second-order valence-corrected chi connectivity index (χ2v) is 4.01. The monoisotopic (exact) mass is 274 g/mol. The van der Waals surface area contributed by atoms with E-state index in [9.17, 15) is 14.9 Å². The SMILES string of the molecule is CCCCOC(=O)/C(C#N)=C/c1cccc([N+](=O)[O-])c1. The van der Waals surface area contributed by atoms with E-state index < -0.39 is 10.9 Å². The first kappa shape index (κ1) is 15.4. The van der Waals surface area contributed by atoms with E-state index >= 15 is 0 Å². The fourth-order valence-electron chi connectivity index (χ4n) is 1.42. The average molecular weight is 274 g/mol. The van der Waals surface area contributed by atoms with Crippen molar-refractivity contribution in [1.29, 1.82) is 5.26 Å². The van der Waals surface area contributed by atoms with Gasteiger partial charge >= 0.3 is 5.97 Å². The van der Waals surface area contributed by atoms with E-state index in [1.807, 2.05) is 6.92 Å². The topological polar surface area (TPSA) is 93.2 Å². The van der Waals surface area contributed by atoms with Crippen LogP contribution in [0.1, 0.15) is 25.3 Å². The molecule has 0 heterocycles. The highest BCUT2D eigenvalue weighted by Crippen LogP contribution is 2.16. The summed E-state index contributed by atoms with van der Waals surface area (Å²) in [6, 6.07) is 7.43. The molecule has 0 fully saturated rings. The number of unbranched alkanes of at least 4 members (excludes halogenated alkanes) is 1. The van der Waals surface area contributed by atoms with Gasteiger partial charge in [-0.15, -0.1) is 0 Å². The van der Waals surface area contributed by atoms with E-state index in [1.165, 1.54) is 24.3 Å². The van der Waals surface area contributed by atoms with E-state index in [-0.39, 0.29) is 17.9 Å². The van der Waals surface area contributed by atoms with Gasteiger partial charge in [-0.2, -0.15) is 5.26 Å². The second-order valence-electron chi connectivity index (χ2n) is 4.01. The minimum Gasteiger partial charge on any atom is -0.462 e. The van der Waals surface area contributed by atoms with Crippen molar-refractivity contribution in [2.45, 2.75) is 19.8 Å². The van der Waals surface area contributed by atoms with E-state index in [1.54, 1.807) is 12.1 Å². The van der Waals surface area contributed by atoms with Gasteiger partial charge < -0.3 is 4.74 Å². The highest BCUT2D eigenvalue weighted by Gasteiger charge is 2.11. The van der Waals surface area contributed by atoms with E-state index in [2.05, 4.69) is 0 Å². The second kappa shape index (κ2) is 7.69. The van der Waals surface area contributed by atoms with Crippen LogP contribution in [0.3, 0.4) is 0 Å². The van der Waals surface area contributed by atoms with Gasteiger partial charge in [0, 0.05) is 12.1 Å². The van der Waals surface area contributed by atoms with Gasteiger partial charge in [0.25, 0.3) is 5.69 Å². The summed E-state index contributed by atoms with van der Waals surface area (Å²) in [5.74, 6) is -0.715. The Labute approximate surface area is 116 Å². The number of nitro benzene ring substituents is 1. The van der Waals surface area contributed by atoms with Gasteiger partial charge in [-0.1, -0.05) is 25.5 Å². The number of nitrogens with zero attached hydrogens (tertiary/aromatic N) is 2. The maximum atomic E-state index is 11.6. The summed E-state index contributed by atoms with van der Waals surface area (Å²) >= 11 is 0.